The maximum Gasteiger partial charge on any atom is 0.301 e. The van der Waals surface area contributed by atoms with E-state index >= 15 is 0 Å². The number of non-ortho nitro benzene ring substituents is 1. The molecule has 2 aromatic rings. The fourth-order valence-electron chi connectivity index (χ4n) is 2.03. The van der Waals surface area contributed by atoms with Crippen LogP contribution in [0.2, 0.25) is 0 Å². The van der Waals surface area contributed by atoms with E-state index in [0.29, 0.717) is 12.1 Å². The summed E-state index contributed by atoms with van der Waals surface area (Å²) in [7, 11) is 0. The van der Waals surface area contributed by atoms with Crippen molar-refractivity contribution in [3.63, 3.8) is 0 Å². The van der Waals surface area contributed by atoms with Gasteiger partial charge in [-0.1, -0.05) is 12.1 Å². The lowest BCUT2D eigenvalue weighted by Gasteiger charge is -2.16. The first kappa shape index (κ1) is 16.9. The maximum absolute atomic E-state index is 11.2. The molecule has 0 aliphatic heterocycles. The van der Waals surface area contributed by atoms with E-state index in [1.54, 1.807) is 25.1 Å². The van der Waals surface area contributed by atoms with Gasteiger partial charge in [-0.25, -0.2) is 0 Å². The monoisotopic (exact) mass is 330 g/mol. The van der Waals surface area contributed by atoms with E-state index in [-0.39, 0.29) is 17.1 Å². The summed E-state index contributed by atoms with van der Waals surface area (Å²) in [5.41, 5.74) is -0.216. The van der Waals surface area contributed by atoms with Crippen molar-refractivity contribution in [3.05, 3.63) is 68.3 Å². The molecule has 1 N–H and O–H groups in total. The maximum atomic E-state index is 11.2. The highest BCUT2D eigenvalue weighted by Gasteiger charge is 2.22. The second kappa shape index (κ2) is 7.18. The first-order valence-electron chi connectivity index (χ1n) is 6.96. The molecule has 2 rings (SSSR count). The van der Waals surface area contributed by atoms with Gasteiger partial charge in [-0.3, -0.25) is 25.2 Å². The largest absolute Gasteiger partial charge is 0.507 e. The number of nitro benzene ring substituents is 2. The molecule has 0 aliphatic rings. The minimum absolute atomic E-state index is 0.0236. The number of hydrazone groups is 1. The molecule has 0 saturated carbocycles. The molecule has 0 fully saturated rings. The first-order chi connectivity index (χ1) is 11.4. The van der Waals surface area contributed by atoms with Gasteiger partial charge in [-0.2, -0.15) is 5.10 Å². The van der Waals surface area contributed by atoms with E-state index in [1.165, 1.54) is 29.4 Å². The van der Waals surface area contributed by atoms with Gasteiger partial charge in [0.1, 0.15) is 11.4 Å². The van der Waals surface area contributed by atoms with Crippen molar-refractivity contribution in [2.24, 2.45) is 5.10 Å². The number of phenols is 1. The first-order valence-corrected chi connectivity index (χ1v) is 6.96. The van der Waals surface area contributed by atoms with Crippen molar-refractivity contribution >= 4 is 23.3 Å². The van der Waals surface area contributed by atoms with E-state index in [1.807, 2.05) is 0 Å². The summed E-state index contributed by atoms with van der Waals surface area (Å²) in [6, 6.07) is 9.86. The number of anilines is 1. The molecule has 0 spiro atoms. The molecule has 9 heteroatoms. The van der Waals surface area contributed by atoms with Crippen molar-refractivity contribution < 1.29 is 15.0 Å². The van der Waals surface area contributed by atoms with Crippen molar-refractivity contribution in [3.8, 4) is 5.75 Å². The van der Waals surface area contributed by atoms with Crippen LogP contribution in [-0.2, 0) is 0 Å². The van der Waals surface area contributed by atoms with Gasteiger partial charge in [-0.15, -0.1) is 0 Å². The highest BCUT2D eigenvalue weighted by molar-refractivity contribution is 5.84. The standard InChI is InChI=1S/C15H14N4O5/c1-2-17(16-10-11-5-3-4-6-15(11)20)13-8-7-12(18(21)22)9-14(13)19(23)24/h3-10,20H,2H2,1H3/b16-10+. The molecule has 2 aromatic carbocycles. The van der Waals surface area contributed by atoms with Crippen LogP contribution in [0, 0.1) is 20.2 Å². The van der Waals surface area contributed by atoms with Crippen LogP contribution < -0.4 is 5.01 Å². The number of para-hydroxylation sites is 1. The summed E-state index contributed by atoms with van der Waals surface area (Å²) in [6.45, 7) is 2.02. The van der Waals surface area contributed by atoms with Gasteiger partial charge in [0.15, 0.2) is 0 Å². The van der Waals surface area contributed by atoms with Crippen LogP contribution in [0.1, 0.15) is 12.5 Å². The van der Waals surface area contributed by atoms with Gasteiger partial charge < -0.3 is 5.11 Å². The minimum atomic E-state index is -0.696. The zero-order valence-electron chi connectivity index (χ0n) is 12.7. The Balaban J connectivity index is 2.42. The topological polar surface area (TPSA) is 122 Å². The second-order valence-corrected chi connectivity index (χ2v) is 4.71. The number of hydrogen-bond donors (Lipinski definition) is 1. The molecule has 124 valence electrons. The third-order valence-corrected chi connectivity index (χ3v) is 3.22. The normalized spacial score (nSPS) is 10.7. The van der Waals surface area contributed by atoms with E-state index in [2.05, 4.69) is 5.10 Å². The van der Waals surface area contributed by atoms with Crippen LogP contribution in [0.4, 0.5) is 17.1 Å². The molecule has 9 nitrogen and oxygen atoms in total. The van der Waals surface area contributed by atoms with Gasteiger partial charge in [0.05, 0.1) is 22.1 Å². The van der Waals surface area contributed by atoms with Crippen LogP contribution in [0.5, 0.6) is 5.75 Å². The highest BCUT2D eigenvalue weighted by Crippen LogP contribution is 2.32. The van der Waals surface area contributed by atoms with Crippen molar-refractivity contribution in [2.45, 2.75) is 6.92 Å². The van der Waals surface area contributed by atoms with Crippen LogP contribution in [0.15, 0.2) is 47.6 Å². The summed E-state index contributed by atoms with van der Waals surface area (Å²) in [5.74, 6) is 0.0236. The highest BCUT2D eigenvalue weighted by atomic mass is 16.6. The molecule has 0 amide bonds. The van der Waals surface area contributed by atoms with E-state index in [9.17, 15) is 25.3 Å². The van der Waals surface area contributed by atoms with Crippen LogP contribution >= 0.6 is 0 Å². The number of hydrogen-bond acceptors (Lipinski definition) is 7. The third kappa shape index (κ3) is 3.64. The van der Waals surface area contributed by atoms with Gasteiger partial charge in [0.25, 0.3) is 5.69 Å². The van der Waals surface area contributed by atoms with Crippen molar-refractivity contribution in [1.29, 1.82) is 0 Å². The zero-order chi connectivity index (χ0) is 17.7. The summed E-state index contributed by atoms with van der Waals surface area (Å²) < 4.78 is 0. The molecular weight excluding hydrogens is 316 g/mol. The lowest BCUT2D eigenvalue weighted by atomic mass is 10.2. The molecule has 0 radical (unpaired) electrons. The molecule has 0 saturated heterocycles. The summed E-state index contributed by atoms with van der Waals surface area (Å²) in [4.78, 5) is 20.6. The zero-order valence-corrected chi connectivity index (χ0v) is 12.7. The Labute approximate surface area is 136 Å². The number of rotatable bonds is 6. The van der Waals surface area contributed by atoms with Crippen LogP contribution in [0.25, 0.3) is 0 Å². The van der Waals surface area contributed by atoms with Gasteiger partial charge in [-0.05, 0) is 25.1 Å². The molecule has 0 heterocycles. The third-order valence-electron chi connectivity index (χ3n) is 3.22. The molecule has 0 bridgehead atoms. The molecule has 24 heavy (non-hydrogen) atoms. The van der Waals surface area contributed by atoms with Crippen LogP contribution in [0.3, 0.4) is 0 Å². The molecule has 0 atom stereocenters. The van der Waals surface area contributed by atoms with Gasteiger partial charge in [0.2, 0.25) is 0 Å². The fourth-order valence-corrected chi connectivity index (χ4v) is 2.03. The Hall–Kier alpha value is -3.49. The SMILES string of the molecule is CCN(/N=C/c1ccccc1O)c1ccc([N+](=O)[O-])cc1[N+](=O)[O-]. The molecule has 0 aliphatic carbocycles. The van der Waals surface area contributed by atoms with E-state index < -0.39 is 15.5 Å². The number of aromatic hydroxyl groups is 1. The number of benzene rings is 2. The predicted octanol–water partition coefficient (Wildman–Crippen LogP) is 3.07. The van der Waals surface area contributed by atoms with Crippen LogP contribution in [-0.4, -0.2) is 27.7 Å². The molecular formula is C15H14N4O5. The second-order valence-electron chi connectivity index (χ2n) is 4.71. The smallest absolute Gasteiger partial charge is 0.301 e. The van der Waals surface area contributed by atoms with Gasteiger partial charge in [0, 0.05) is 18.2 Å². The molecule has 0 aromatic heterocycles. The summed E-state index contributed by atoms with van der Waals surface area (Å²) >= 11 is 0. The molecule has 0 unspecified atom stereocenters. The minimum Gasteiger partial charge on any atom is -0.507 e. The number of nitrogens with zero attached hydrogens (tertiary/aromatic N) is 4. The fraction of sp³-hybridized carbons (Fsp3) is 0.133. The lowest BCUT2D eigenvalue weighted by molar-refractivity contribution is -0.393. The average Bonchev–Trinajstić information content (AvgIpc) is 2.56. The number of phenolic OH excluding ortho intramolecular Hbond substituents is 1. The Morgan fingerprint density at radius 3 is 2.46 bits per heavy atom. The van der Waals surface area contributed by atoms with Gasteiger partial charge >= 0.3 is 5.69 Å². The van der Waals surface area contributed by atoms with E-state index in [0.717, 1.165) is 6.07 Å². The Kier molecular flexibility index (Phi) is 5.05. The Bertz CT molecular complexity index is 806. The quantitative estimate of drug-likeness (QED) is 0.493. The summed E-state index contributed by atoms with van der Waals surface area (Å²) in [5, 5.41) is 37.2. The van der Waals surface area contributed by atoms with Crippen molar-refractivity contribution in [1.82, 2.24) is 0 Å². The Morgan fingerprint density at radius 1 is 1.17 bits per heavy atom. The Morgan fingerprint density at radius 2 is 1.88 bits per heavy atom. The number of nitro groups is 2. The lowest BCUT2D eigenvalue weighted by Crippen LogP contribution is -2.17. The van der Waals surface area contributed by atoms with Crippen molar-refractivity contribution in [2.75, 3.05) is 11.6 Å². The van der Waals surface area contributed by atoms with E-state index in [4.69, 9.17) is 0 Å². The predicted molar refractivity (Wildman–Crippen MR) is 88.5 cm³/mol. The summed E-state index contributed by atoms with van der Waals surface area (Å²) in [6.07, 6.45) is 1.37. The average molecular weight is 330 g/mol.